The predicted octanol–water partition coefficient (Wildman–Crippen LogP) is 2.24. The van der Waals surface area contributed by atoms with Gasteiger partial charge in [-0.25, -0.2) is 0 Å². The van der Waals surface area contributed by atoms with Gasteiger partial charge in [-0.3, -0.25) is 4.79 Å². The van der Waals surface area contributed by atoms with Crippen molar-refractivity contribution >= 4 is 5.78 Å². The van der Waals surface area contributed by atoms with Crippen molar-refractivity contribution in [1.82, 2.24) is 0 Å². The monoisotopic (exact) mass is 202 g/mol. The first-order valence-corrected chi connectivity index (χ1v) is 5.47. The molecule has 1 atom stereocenters. The molecular formula is C13H14O2. The largest absolute Gasteiger partial charge is 0.497 e. The van der Waals surface area contributed by atoms with Crippen molar-refractivity contribution in [2.75, 3.05) is 7.11 Å². The van der Waals surface area contributed by atoms with Crippen molar-refractivity contribution in [3.63, 3.8) is 0 Å². The number of benzene rings is 1. The minimum atomic E-state index is -0.121. The van der Waals surface area contributed by atoms with E-state index in [-0.39, 0.29) is 5.41 Å². The summed E-state index contributed by atoms with van der Waals surface area (Å²) in [4.78, 5) is 11.8. The summed E-state index contributed by atoms with van der Waals surface area (Å²) in [6.45, 7) is 0. The summed E-state index contributed by atoms with van der Waals surface area (Å²) >= 11 is 0. The van der Waals surface area contributed by atoms with Crippen LogP contribution in [0.5, 0.6) is 5.75 Å². The number of carbonyl (C=O) groups excluding carboxylic acids is 1. The SMILES string of the molecule is COc1ccc2c(c1)C1(CCC1=O)CC2. The maximum atomic E-state index is 11.8. The Morgan fingerprint density at radius 2 is 2.07 bits per heavy atom. The van der Waals surface area contributed by atoms with Crippen LogP contribution < -0.4 is 4.74 Å². The Hall–Kier alpha value is -1.31. The summed E-state index contributed by atoms with van der Waals surface area (Å²) in [6, 6.07) is 6.15. The molecule has 1 saturated carbocycles. The number of carbonyl (C=O) groups is 1. The van der Waals surface area contributed by atoms with E-state index in [1.807, 2.05) is 6.07 Å². The summed E-state index contributed by atoms with van der Waals surface area (Å²) < 4.78 is 5.23. The number of rotatable bonds is 1. The second kappa shape index (κ2) is 2.84. The highest BCUT2D eigenvalue weighted by Gasteiger charge is 2.50. The third kappa shape index (κ3) is 1.02. The van der Waals surface area contributed by atoms with Gasteiger partial charge in [0.05, 0.1) is 12.5 Å². The zero-order valence-electron chi connectivity index (χ0n) is 8.88. The lowest BCUT2D eigenvalue weighted by atomic mass is 9.64. The topological polar surface area (TPSA) is 26.3 Å². The number of hydrogen-bond acceptors (Lipinski definition) is 2. The molecule has 15 heavy (non-hydrogen) atoms. The molecule has 2 nitrogen and oxygen atoms in total. The minimum absolute atomic E-state index is 0.121. The van der Waals surface area contributed by atoms with Crippen LogP contribution >= 0.6 is 0 Å². The molecule has 1 aromatic rings. The number of ether oxygens (including phenoxy) is 1. The quantitative estimate of drug-likeness (QED) is 0.698. The van der Waals surface area contributed by atoms with Gasteiger partial charge in [0.2, 0.25) is 0 Å². The molecule has 2 aliphatic carbocycles. The van der Waals surface area contributed by atoms with Gasteiger partial charge in [0.25, 0.3) is 0 Å². The molecule has 1 fully saturated rings. The van der Waals surface area contributed by atoms with Crippen LogP contribution in [0.1, 0.15) is 30.4 Å². The van der Waals surface area contributed by atoms with Crippen molar-refractivity contribution in [2.24, 2.45) is 0 Å². The highest BCUT2D eigenvalue weighted by Crippen LogP contribution is 2.50. The number of Topliss-reactive ketones (excluding diaryl/α,β-unsaturated/α-hetero) is 1. The number of fused-ring (bicyclic) bond motifs is 2. The number of ketones is 1. The molecule has 1 unspecified atom stereocenters. The standard InChI is InChI=1S/C13H14O2/c1-15-10-3-2-9-4-6-13(11(9)8-10)7-5-12(13)14/h2-3,8H,4-7H2,1H3. The second-order valence-corrected chi connectivity index (χ2v) is 4.53. The fraction of sp³-hybridized carbons (Fsp3) is 0.462. The summed E-state index contributed by atoms with van der Waals surface area (Å²) in [5, 5.41) is 0. The van der Waals surface area contributed by atoms with Gasteiger partial charge in [-0.2, -0.15) is 0 Å². The van der Waals surface area contributed by atoms with Crippen LogP contribution in [-0.2, 0) is 16.6 Å². The van der Waals surface area contributed by atoms with Crippen LogP contribution in [-0.4, -0.2) is 12.9 Å². The van der Waals surface area contributed by atoms with Crippen molar-refractivity contribution < 1.29 is 9.53 Å². The van der Waals surface area contributed by atoms with Crippen LogP contribution in [0.3, 0.4) is 0 Å². The Balaban J connectivity index is 2.12. The molecule has 0 bridgehead atoms. The third-order valence-electron chi connectivity index (χ3n) is 3.97. The highest BCUT2D eigenvalue weighted by molar-refractivity contribution is 5.97. The third-order valence-corrected chi connectivity index (χ3v) is 3.97. The van der Waals surface area contributed by atoms with Crippen molar-refractivity contribution in [1.29, 1.82) is 0 Å². The molecule has 1 spiro atoms. The molecule has 3 rings (SSSR count). The summed E-state index contributed by atoms with van der Waals surface area (Å²) in [5.41, 5.74) is 2.45. The van der Waals surface area contributed by atoms with Gasteiger partial charge >= 0.3 is 0 Å². The average molecular weight is 202 g/mol. The van der Waals surface area contributed by atoms with E-state index in [2.05, 4.69) is 12.1 Å². The molecule has 2 heteroatoms. The fourth-order valence-corrected chi connectivity index (χ4v) is 2.91. The molecule has 0 heterocycles. The Morgan fingerprint density at radius 3 is 2.67 bits per heavy atom. The smallest absolute Gasteiger partial charge is 0.143 e. The Morgan fingerprint density at radius 1 is 1.27 bits per heavy atom. The van der Waals surface area contributed by atoms with E-state index >= 15 is 0 Å². The van der Waals surface area contributed by atoms with Crippen LogP contribution in [0.2, 0.25) is 0 Å². The molecule has 1 aromatic carbocycles. The molecule has 0 aromatic heterocycles. The van der Waals surface area contributed by atoms with E-state index < -0.39 is 0 Å². The highest BCUT2D eigenvalue weighted by atomic mass is 16.5. The van der Waals surface area contributed by atoms with Crippen molar-refractivity contribution in [3.8, 4) is 5.75 Å². The lowest BCUT2D eigenvalue weighted by Crippen LogP contribution is -2.42. The normalized spacial score (nSPS) is 27.7. The van der Waals surface area contributed by atoms with Crippen LogP contribution in [0, 0.1) is 0 Å². The molecule has 78 valence electrons. The van der Waals surface area contributed by atoms with Gasteiger partial charge in [-0.05, 0) is 42.5 Å². The van der Waals surface area contributed by atoms with Gasteiger partial charge in [0.15, 0.2) is 0 Å². The zero-order chi connectivity index (χ0) is 10.5. The lowest BCUT2D eigenvalue weighted by Gasteiger charge is -2.37. The summed E-state index contributed by atoms with van der Waals surface area (Å²) in [6.07, 6.45) is 3.85. The molecule has 0 N–H and O–H groups in total. The predicted molar refractivity (Wildman–Crippen MR) is 57.2 cm³/mol. The number of hydrogen-bond donors (Lipinski definition) is 0. The molecule has 0 amide bonds. The molecule has 0 radical (unpaired) electrons. The van der Waals surface area contributed by atoms with Gasteiger partial charge in [-0.15, -0.1) is 0 Å². The first-order valence-electron chi connectivity index (χ1n) is 5.47. The van der Waals surface area contributed by atoms with Gasteiger partial charge in [0, 0.05) is 6.42 Å². The first-order chi connectivity index (χ1) is 7.26. The maximum absolute atomic E-state index is 11.8. The van der Waals surface area contributed by atoms with Crippen LogP contribution in [0.4, 0.5) is 0 Å². The van der Waals surface area contributed by atoms with Gasteiger partial charge in [-0.1, -0.05) is 6.07 Å². The number of methoxy groups -OCH3 is 1. The van der Waals surface area contributed by atoms with E-state index in [1.165, 1.54) is 11.1 Å². The van der Waals surface area contributed by atoms with Crippen LogP contribution in [0.25, 0.3) is 0 Å². The first kappa shape index (κ1) is 8.96. The molecule has 0 saturated heterocycles. The van der Waals surface area contributed by atoms with E-state index in [4.69, 9.17) is 4.74 Å². The van der Waals surface area contributed by atoms with Crippen LogP contribution in [0.15, 0.2) is 18.2 Å². The van der Waals surface area contributed by atoms with E-state index in [9.17, 15) is 4.79 Å². The lowest BCUT2D eigenvalue weighted by molar-refractivity contribution is -0.131. The zero-order valence-corrected chi connectivity index (χ0v) is 8.88. The average Bonchev–Trinajstić information content (AvgIpc) is 2.67. The summed E-state index contributed by atoms with van der Waals surface area (Å²) in [7, 11) is 1.67. The van der Waals surface area contributed by atoms with Crippen molar-refractivity contribution in [3.05, 3.63) is 29.3 Å². The minimum Gasteiger partial charge on any atom is -0.497 e. The van der Waals surface area contributed by atoms with E-state index in [0.717, 1.165) is 31.4 Å². The second-order valence-electron chi connectivity index (χ2n) is 4.53. The maximum Gasteiger partial charge on any atom is 0.143 e. The number of aryl methyl sites for hydroxylation is 1. The fourth-order valence-electron chi connectivity index (χ4n) is 2.91. The molecule has 0 aliphatic heterocycles. The van der Waals surface area contributed by atoms with Gasteiger partial charge < -0.3 is 4.74 Å². The van der Waals surface area contributed by atoms with E-state index in [1.54, 1.807) is 7.11 Å². The Kier molecular flexibility index (Phi) is 1.70. The van der Waals surface area contributed by atoms with Gasteiger partial charge in [0.1, 0.15) is 11.5 Å². The van der Waals surface area contributed by atoms with E-state index in [0.29, 0.717) is 5.78 Å². The van der Waals surface area contributed by atoms with Crippen molar-refractivity contribution in [2.45, 2.75) is 31.1 Å². The Labute approximate surface area is 89.2 Å². The molecular weight excluding hydrogens is 188 g/mol. The summed E-state index contributed by atoms with van der Waals surface area (Å²) in [5.74, 6) is 1.30. The molecule has 2 aliphatic rings. The Bertz CT molecular complexity index is 436.